The summed E-state index contributed by atoms with van der Waals surface area (Å²) in [4.78, 5) is 4.31. The van der Waals surface area contributed by atoms with E-state index in [9.17, 15) is 0 Å². The van der Waals surface area contributed by atoms with Crippen LogP contribution in [0.5, 0.6) is 0 Å². The first-order chi connectivity index (χ1) is 7.36. The predicted octanol–water partition coefficient (Wildman–Crippen LogP) is 3.25. The number of benzene rings is 1. The molecule has 1 heterocycles. The first kappa shape index (κ1) is 9.71. The van der Waals surface area contributed by atoms with Gasteiger partial charge in [-0.05, 0) is 31.2 Å². The van der Waals surface area contributed by atoms with E-state index in [4.69, 9.17) is 0 Å². The molecule has 0 aliphatic carbocycles. The van der Waals surface area contributed by atoms with Crippen LogP contribution in [0, 0.1) is 0 Å². The smallest absolute Gasteiger partial charge is 0.0657 e. The van der Waals surface area contributed by atoms with Crippen LogP contribution in [-0.4, -0.2) is 4.98 Å². The summed E-state index contributed by atoms with van der Waals surface area (Å²) < 4.78 is 0. The van der Waals surface area contributed by atoms with E-state index in [2.05, 4.69) is 29.4 Å². The summed E-state index contributed by atoms with van der Waals surface area (Å²) in [6, 6.07) is 16.4. The Hall–Kier alpha value is -1.83. The minimum atomic E-state index is 0.230. The molecule has 2 aromatic rings. The Morgan fingerprint density at radius 3 is 2.40 bits per heavy atom. The molecule has 2 rings (SSSR count). The van der Waals surface area contributed by atoms with Crippen molar-refractivity contribution in [2.75, 3.05) is 5.32 Å². The first-order valence-corrected chi connectivity index (χ1v) is 5.09. The second-order valence-corrected chi connectivity index (χ2v) is 3.49. The Kier molecular flexibility index (Phi) is 2.98. The molecule has 15 heavy (non-hydrogen) atoms. The van der Waals surface area contributed by atoms with Gasteiger partial charge < -0.3 is 5.32 Å². The van der Waals surface area contributed by atoms with Crippen LogP contribution in [0.3, 0.4) is 0 Å². The second kappa shape index (κ2) is 4.60. The number of nitrogens with one attached hydrogen (secondary N) is 1. The van der Waals surface area contributed by atoms with Gasteiger partial charge in [-0.15, -0.1) is 0 Å². The minimum Gasteiger partial charge on any atom is -0.377 e. The maximum atomic E-state index is 4.31. The summed E-state index contributed by atoms with van der Waals surface area (Å²) in [6.07, 6.45) is 1.82. The highest BCUT2D eigenvalue weighted by Gasteiger charge is 2.04. The van der Waals surface area contributed by atoms with Crippen LogP contribution in [0.15, 0.2) is 54.7 Å². The lowest BCUT2D eigenvalue weighted by molar-refractivity contribution is 0.839. The van der Waals surface area contributed by atoms with E-state index >= 15 is 0 Å². The number of nitrogens with zero attached hydrogens (tertiary/aromatic N) is 1. The third-order valence-electron chi connectivity index (χ3n) is 2.29. The zero-order chi connectivity index (χ0) is 10.5. The second-order valence-electron chi connectivity index (χ2n) is 3.49. The third kappa shape index (κ3) is 2.56. The average molecular weight is 198 g/mol. The lowest BCUT2D eigenvalue weighted by Crippen LogP contribution is -2.07. The molecule has 0 spiro atoms. The molecule has 2 heteroatoms. The van der Waals surface area contributed by atoms with Gasteiger partial charge in [-0.1, -0.05) is 24.3 Å². The Labute approximate surface area is 90.0 Å². The molecule has 0 bridgehead atoms. The average Bonchev–Trinajstić information content (AvgIpc) is 2.31. The Morgan fingerprint density at radius 2 is 1.73 bits per heavy atom. The van der Waals surface area contributed by atoms with E-state index in [0.717, 1.165) is 11.4 Å². The van der Waals surface area contributed by atoms with Crippen molar-refractivity contribution in [3.8, 4) is 0 Å². The van der Waals surface area contributed by atoms with Gasteiger partial charge in [-0.25, -0.2) is 0 Å². The van der Waals surface area contributed by atoms with Crippen molar-refractivity contribution in [3.05, 3.63) is 60.4 Å². The fraction of sp³-hybridized carbons (Fsp3) is 0.154. The highest BCUT2D eigenvalue weighted by molar-refractivity contribution is 5.44. The third-order valence-corrected chi connectivity index (χ3v) is 2.29. The topological polar surface area (TPSA) is 24.9 Å². The van der Waals surface area contributed by atoms with Gasteiger partial charge in [0.05, 0.1) is 11.7 Å². The number of pyridine rings is 1. The molecule has 0 radical (unpaired) electrons. The van der Waals surface area contributed by atoms with Gasteiger partial charge in [0.15, 0.2) is 0 Å². The summed E-state index contributed by atoms with van der Waals surface area (Å²) >= 11 is 0. The van der Waals surface area contributed by atoms with Crippen LogP contribution in [0.4, 0.5) is 5.69 Å². The van der Waals surface area contributed by atoms with Crippen LogP contribution in [-0.2, 0) is 0 Å². The lowest BCUT2D eigenvalue weighted by Gasteiger charge is -2.14. The molecule has 76 valence electrons. The van der Waals surface area contributed by atoms with Gasteiger partial charge in [0.25, 0.3) is 0 Å². The predicted molar refractivity (Wildman–Crippen MR) is 62.7 cm³/mol. The van der Waals surface area contributed by atoms with Gasteiger partial charge >= 0.3 is 0 Å². The monoisotopic (exact) mass is 198 g/mol. The molecule has 0 saturated heterocycles. The molecular weight excluding hydrogens is 184 g/mol. The zero-order valence-corrected chi connectivity index (χ0v) is 8.72. The largest absolute Gasteiger partial charge is 0.377 e. The van der Waals surface area contributed by atoms with Crippen molar-refractivity contribution >= 4 is 5.69 Å². The van der Waals surface area contributed by atoms with Crippen LogP contribution in [0.2, 0.25) is 0 Å². The lowest BCUT2D eigenvalue weighted by atomic mass is 10.2. The number of rotatable bonds is 3. The highest BCUT2D eigenvalue weighted by Crippen LogP contribution is 2.16. The molecule has 1 N–H and O–H groups in total. The molecule has 0 amide bonds. The zero-order valence-electron chi connectivity index (χ0n) is 8.72. The SMILES string of the molecule is C[C@@H](Nc1ccccc1)c1ccccn1. The maximum absolute atomic E-state index is 4.31. The standard InChI is InChI=1S/C13H14N2/c1-11(13-9-5-6-10-14-13)15-12-7-3-2-4-8-12/h2-11,15H,1H3/t11-/m1/s1. The van der Waals surface area contributed by atoms with Crippen molar-refractivity contribution in [3.63, 3.8) is 0 Å². The number of anilines is 1. The van der Waals surface area contributed by atoms with E-state index < -0.39 is 0 Å². The van der Waals surface area contributed by atoms with Crippen molar-refractivity contribution < 1.29 is 0 Å². The Bertz CT molecular complexity index is 397. The molecule has 2 nitrogen and oxygen atoms in total. The Balaban J connectivity index is 2.08. The van der Waals surface area contributed by atoms with Gasteiger partial charge in [-0.2, -0.15) is 0 Å². The molecule has 1 aromatic carbocycles. The summed E-state index contributed by atoms with van der Waals surface area (Å²) in [5, 5.41) is 3.40. The molecule has 1 aromatic heterocycles. The van der Waals surface area contributed by atoms with Crippen molar-refractivity contribution in [2.24, 2.45) is 0 Å². The van der Waals surface area contributed by atoms with Gasteiger partial charge in [0.1, 0.15) is 0 Å². The van der Waals surface area contributed by atoms with Crippen molar-refractivity contribution in [2.45, 2.75) is 13.0 Å². The van der Waals surface area contributed by atoms with Crippen molar-refractivity contribution in [1.82, 2.24) is 4.98 Å². The number of aromatic nitrogens is 1. The van der Waals surface area contributed by atoms with Crippen LogP contribution in [0.25, 0.3) is 0 Å². The summed E-state index contributed by atoms with van der Waals surface area (Å²) in [5.74, 6) is 0. The minimum absolute atomic E-state index is 0.230. The van der Waals surface area contributed by atoms with E-state index in [1.54, 1.807) is 0 Å². The highest BCUT2D eigenvalue weighted by atomic mass is 14.9. The summed E-state index contributed by atoms with van der Waals surface area (Å²) in [5.41, 5.74) is 2.18. The van der Waals surface area contributed by atoms with Crippen LogP contribution < -0.4 is 5.32 Å². The van der Waals surface area contributed by atoms with Crippen molar-refractivity contribution in [1.29, 1.82) is 0 Å². The van der Waals surface area contributed by atoms with Gasteiger partial charge in [0, 0.05) is 11.9 Å². The number of para-hydroxylation sites is 1. The van der Waals surface area contributed by atoms with Crippen LogP contribution >= 0.6 is 0 Å². The molecule has 1 atom stereocenters. The molecule has 0 saturated carbocycles. The van der Waals surface area contributed by atoms with Gasteiger partial charge in [0.2, 0.25) is 0 Å². The van der Waals surface area contributed by atoms with E-state index in [-0.39, 0.29) is 6.04 Å². The number of hydrogen-bond donors (Lipinski definition) is 1. The molecule has 0 fully saturated rings. The maximum Gasteiger partial charge on any atom is 0.0657 e. The van der Waals surface area contributed by atoms with Crippen LogP contribution in [0.1, 0.15) is 18.7 Å². The van der Waals surface area contributed by atoms with E-state index in [0.29, 0.717) is 0 Å². The molecule has 0 aliphatic heterocycles. The van der Waals surface area contributed by atoms with Gasteiger partial charge in [-0.3, -0.25) is 4.98 Å². The molecular formula is C13H14N2. The fourth-order valence-electron chi connectivity index (χ4n) is 1.49. The van der Waals surface area contributed by atoms with E-state index in [1.165, 1.54) is 0 Å². The Morgan fingerprint density at radius 1 is 1.00 bits per heavy atom. The molecule has 0 aliphatic rings. The number of hydrogen-bond acceptors (Lipinski definition) is 2. The summed E-state index contributed by atoms with van der Waals surface area (Å²) in [7, 11) is 0. The molecule has 0 unspecified atom stereocenters. The fourth-order valence-corrected chi connectivity index (χ4v) is 1.49. The normalized spacial score (nSPS) is 12.1. The summed E-state index contributed by atoms with van der Waals surface area (Å²) in [6.45, 7) is 2.11. The quantitative estimate of drug-likeness (QED) is 0.818. The van der Waals surface area contributed by atoms with E-state index in [1.807, 2.05) is 42.6 Å². The first-order valence-electron chi connectivity index (χ1n) is 5.09.